The highest BCUT2D eigenvalue weighted by Crippen LogP contribution is 2.03. The van der Waals surface area contributed by atoms with Gasteiger partial charge in [-0.25, -0.2) is 0 Å². The summed E-state index contributed by atoms with van der Waals surface area (Å²) in [7, 11) is 0. The fraction of sp³-hybridized carbons (Fsp3) is 0.938. The second-order valence-electron chi connectivity index (χ2n) is 9.71. The van der Waals surface area contributed by atoms with Crippen LogP contribution in [0, 0.1) is 0 Å². The molecule has 0 aliphatic heterocycles. The molecule has 14 heteroatoms. The molecule has 0 unspecified atom stereocenters. The molecule has 0 heterocycles. The zero-order chi connectivity index (χ0) is 33.4. The molecule has 0 saturated carbocycles. The van der Waals surface area contributed by atoms with E-state index in [1.54, 1.807) is 6.92 Å². The molecule has 274 valence electrons. The number of carbonyl (C=O) groups is 2. The topological polar surface area (TPSA) is 145 Å². The molecule has 0 atom stereocenters. The molecule has 0 aromatic heterocycles. The summed E-state index contributed by atoms with van der Waals surface area (Å²) in [5.41, 5.74) is 0. The minimum absolute atomic E-state index is 0.156. The number of hydrogen-bond donors (Lipinski definition) is 0. The summed E-state index contributed by atoms with van der Waals surface area (Å²) in [6.07, 6.45) is 5.00. The van der Waals surface area contributed by atoms with Crippen LogP contribution in [-0.4, -0.2) is 157 Å². The van der Waals surface area contributed by atoms with Gasteiger partial charge in [0.05, 0.1) is 145 Å². The molecule has 14 nitrogen and oxygen atoms in total. The van der Waals surface area contributed by atoms with E-state index in [0.29, 0.717) is 145 Å². The Morgan fingerprint density at radius 1 is 0.326 bits per heavy atom. The van der Waals surface area contributed by atoms with Crippen molar-refractivity contribution in [2.24, 2.45) is 0 Å². The van der Waals surface area contributed by atoms with E-state index in [9.17, 15) is 9.59 Å². The Labute approximate surface area is 276 Å². The summed E-state index contributed by atoms with van der Waals surface area (Å²) < 4.78 is 64.2. The van der Waals surface area contributed by atoms with E-state index >= 15 is 0 Å². The zero-order valence-corrected chi connectivity index (χ0v) is 28.5. The van der Waals surface area contributed by atoms with Crippen LogP contribution in [0.15, 0.2) is 0 Å². The standard InChI is InChI=1S/C32H62O14/c1-3-5-6-7-8-31(33)46-30-29-44-28-27-43-26-25-42-24-23-41-22-21-40-20-19-39-18-17-38-16-15-37-14-13-36-12-11-35-10-9-32(34)45-4-2/h3-30H2,1-2H3. The smallest absolute Gasteiger partial charge is 0.308 e. The molecule has 0 bridgehead atoms. The molecular formula is C32H62O14. The van der Waals surface area contributed by atoms with Crippen molar-refractivity contribution in [2.75, 3.05) is 145 Å². The molecule has 0 aromatic carbocycles. The molecule has 0 aliphatic carbocycles. The van der Waals surface area contributed by atoms with Crippen molar-refractivity contribution in [1.82, 2.24) is 0 Å². The van der Waals surface area contributed by atoms with Gasteiger partial charge in [-0.15, -0.1) is 0 Å². The second-order valence-corrected chi connectivity index (χ2v) is 9.71. The lowest BCUT2D eigenvalue weighted by Gasteiger charge is -2.09. The summed E-state index contributed by atoms with van der Waals surface area (Å²) in [5, 5.41) is 0. The van der Waals surface area contributed by atoms with Crippen molar-refractivity contribution in [3.63, 3.8) is 0 Å². The van der Waals surface area contributed by atoms with E-state index in [-0.39, 0.29) is 25.0 Å². The van der Waals surface area contributed by atoms with Gasteiger partial charge < -0.3 is 56.8 Å². The Balaban J connectivity index is 3.10. The third-order valence-corrected chi connectivity index (χ3v) is 5.83. The first-order valence-corrected chi connectivity index (χ1v) is 16.8. The molecule has 46 heavy (non-hydrogen) atoms. The van der Waals surface area contributed by atoms with Crippen LogP contribution in [0.4, 0.5) is 0 Å². The molecule has 0 spiro atoms. The average molecular weight is 671 g/mol. The van der Waals surface area contributed by atoms with Crippen LogP contribution in [0.3, 0.4) is 0 Å². The van der Waals surface area contributed by atoms with Crippen LogP contribution >= 0.6 is 0 Å². The highest BCUT2D eigenvalue weighted by molar-refractivity contribution is 5.69. The van der Waals surface area contributed by atoms with Crippen molar-refractivity contribution in [2.45, 2.75) is 52.4 Å². The van der Waals surface area contributed by atoms with Crippen molar-refractivity contribution in [3.8, 4) is 0 Å². The Morgan fingerprint density at radius 2 is 0.630 bits per heavy atom. The maximum absolute atomic E-state index is 11.5. The highest BCUT2D eigenvalue weighted by atomic mass is 16.6. The molecular weight excluding hydrogens is 608 g/mol. The lowest BCUT2D eigenvalue weighted by molar-refractivity contribution is -0.146. The van der Waals surface area contributed by atoms with Crippen LogP contribution in [-0.2, 0) is 66.4 Å². The first kappa shape index (κ1) is 44.5. The maximum Gasteiger partial charge on any atom is 0.308 e. The molecule has 0 aromatic rings. The lowest BCUT2D eigenvalue weighted by Crippen LogP contribution is -2.15. The molecule has 0 amide bonds. The highest BCUT2D eigenvalue weighted by Gasteiger charge is 2.03. The molecule has 0 fully saturated rings. The van der Waals surface area contributed by atoms with Gasteiger partial charge >= 0.3 is 11.9 Å². The maximum atomic E-state index is 11.5. The number of carbonyl (C=O) groups excluding carboxylic acids is 2. The van der Waals surface area contributed by atoms with Gasteiger partial charge in [0.15, 0.2) is 0 Å². The van der Waals surface area contributed by atoms with E-state index in [0.717, 1.165) is 25.7 Å². The summed E-state index contributed by atoms with van der Waals surface area (Å²) >= 11 is 0. The molecule has 0 aliphatic rings. The van der Waals surface area contributed by atoms with Crippen LogP contribution in [0.2, 0.25) is 0 Å². The van der Waals surface area contributed by atoms with Crippen molar-refractivity contribution in [3.05, 3.63) is 0 Å². The van der Waals surface area contributed by atoms with Gasteiger partial charge in [0.1, 0.15) is 6.61 Å². The van der Waals surface area contributed by atoms with Crippen molar-refractivity contribution >= 4 is 11.9 Å². The quantitative estimate of drug-likeness (QED) is 0.0698. The Kier molecular flexibility index (Phi) is 38.5. The van der Waals surface area contributed by atoms with Gasteiger partial charge in [0, 0.05) is 6.42 Å². The van der Waals surface area contributed by atoms with Gasteiger partial charge in [-0.05, 0) is 13.3 Å². The Morgan fingerprint density at radius 3 is 0.957 bits per heavy atom. The van der Waals surface area contributed by atoms with Crippen LogP contribution in [0.1, 0.15) is 52.4 Å². The third kappa shape index (κ3) is 38.7. The minimum atomic E-state index is -0.253. The first-order valence-electron chi connectivity index (χ1n) is 16.8. The summed E-state index contributed by atoms with van der Waals surface area (Å²) in [4.78, 5) is 22.7. The van der Waals surface area contributed by atoms with Crippen molar-refractivity contribution < 1.29 is 66.4 Å². The Hall–Kier alpha value is -1.46. The summed E-state index contributed by atoms with van der Waals surface area (Å²) in [6.45, 7) is 13.9. The normalized spacial score (nSPS) is 11.3. The summed E-state index contributed by atoms with van der Waals surface area (Å²) in [6, 6.07) is 0. The first-order chi connectivity index (χ1) is 22.7. The molecule has 0 saturated heterocycles. The van der Waals surface area contributed by atoms with Crippen molar-refractivity contribution in [1.29, 1.82) is 0 Å². The fourth-order valence-electron chi connectivity index (χ4n) is 3.45. The lowest BCUT2D eigenvalue weighted by atomic mass is 10.2. The van der Waals surface area contributed by atoms with E-state index in [1.165, 1.54) is 0 Å². The monoisotopic (exact) mass is 670 g/mol. The fourth-order valence-corrected chi connectivity index (χ4v) is 3.45. The molecule has 0 rings (SSSR count). The van der Waals surface area contributed by atoms with Crippen LogP contribution in [0.25, 0.3) is 0 Å². The van der Waals surface area contributed by atoms with E-state index in [2.05, 4.69) is 6.92 Å². The zero-order valence-electron chi connectivity index (χ0n) is 28.5. The number of rotatable bonds is 39. The molecule has 0 radical (unpaired) electrons. The summed E-state index contributed by atoms with van der Waals surface area (Å²) in [5.74, 6) is -0.409. The predicted octanol–water partition coefficient (Wildman–Crippen LogP) is 2.62. The third-order valence-electron chi connectivity index (χ3n) is 5.83. The van der Waals surface area contributed by atoms with E-state index in [4.69, 9.17) is 56.8 Å². The van der Waals surface area contributed by atoms with E-state index < -0.39 is 0 Å². The van der Waals surface area contributed by atoms with E-state index in [1.807, 2.05) is 0 Å². The SMILES string of the molecule is CCCCCCC(=O)OCCOCCOCCOCCOCCOCCOCCOCCOCCOCCOCCC(=O)OCC. The Bertz CT molecular complexity index is 626. The average Bonchev–Trinajstić information content (AvgIpc) is 3.05. The second kappa shape index (κ2) is 39.7. The van der Waals surface area contributed by atoms with Gasteiger partial charge in [0.2, 0.25) is 0 Å². The number of unbranched alkanes of at least 4 members (excludes halogenated alkanes) is 3. The van der Waals surface area contributed by atoms with Gasteiger partial charge in [-0.3, -0.25) is 9.59 Å². The number of hydrogen-bond acceptors (Lipinski definition) is 14. The number of esters is 2. The predicted molar refractivity (Wildman–Crippen MR) is 169 cm³/mol. The van der Waals surface area contributed by atoms with Crippen LogP contribution < -0.4 is 0 Å². The van der Waals surface area contributed by atoms with Gasteiger partial charge in [0.25, 0.3) is 0 Å². The molecule has 0 N–H and O–H groups in total. The largest absolute Gasteiger partial charge is 0.466 e. The van der Waals surface area contributed by atoms with Gasteiger partial charge in [-0.2, -0.15) is 0 Å². The van der Waals surface area contributed by atoms with Gasteiger partial charge in [-0.1, -0.05) is 26.2 Å². The number of ether oxygens (including phenoxy) is 12. The van der Waals surface area contributed by atoms with Crippen LogP contribution in [0.5, 0.6) is 0 Å². The minimum Gasteiger partial charge on any atom is -0.466 e.